The molecule has 5 aliphatic rings. The van der Waals surface area contributed by atoms with E-state index < -0.39 is 0 Å². The standard InChI is InChI=1S/C28H35N3O3/c1-33-21-4-3-18-13-24-27-7-5-23-25(20(15-27)16-31(23)26(32)19-6-12-34-17-19)28(27,22(18)14-21)8-11-30(24)10-2-9-29/h3-4,6,12,14,17,20,23-25H,2,5,7-11,13,15-16,29H2,1H3/t20-,23?,24?,25?,27?,28?/m1/s1. The number of benzene rings is 1. The predicted molar refractivity (Wildman–Crippen MR) is 129 cm³/mol. The largest absolute Gasteiger partial charge is 0.497 e. The number of amides is 1. The van der Waals surface area contributed by atoms with Crippen LogP contribution in [-0.4, -0.2) is 61.1 Å². The summed E-state index contributed by atoms with van der Waals surface area (Å²) in [6.07, 6.45) is 10.2. The van der Waals surface area contributed by atoms with Crippen LogP contribution in [0, 0.1) is 17.3 Å². The van der Waals surface area contributed by atoms with E-state index in [4.69, 9.17) is 14.9 Å². The van der Waals surface area contributed by atoms with Gasteiger partial charge in [0.05, 0.1) is 18.9 Å². The Bertz CT molecular complexity index is 1120. The van der Waals surface area contributed by atoms with Gasteiger partial charge in [0.2, 0.25) is 0 Å². The first-order chi connectivity index (χ1) is 16.6. The first-order valence-corrected chi connectivity index (χ1v) is 13.1. The molecule has 2 aliphatic heterocycles. The lowest BCUT2D eigenvalue weighted by Gasteiger charge is -2.66. The number of hydrogen-bond acceptors (Lipinski definition) is 5. The minimum Gasteiger partial charge on any atom is -0.497 e. The molecule has 0 radical (unpaired) electrons. The maximum atomic E-state index is 13.5. The lowest BCUT2D eigenvalue weighted by Crippen LogP contribution is -2.69. The van der Waals surface area contributed by atoms with Gasteiger partial charge in [-0.05, 0) is 105 Å². The van der Waals surface area contributed by atoms with Crippen molar-refractivity contribution < 1.29 is 13.9 Å². The van der Waals surface area contributed by atoms with Gasteiger partial charge in [0.15, 0.2) is 0 Å². The fourth-order valence-corrected chi connectivity index (χ4v) is 9.56. The molecule has 6 nitrogen and oxygen atoms in total. The van der Waals surface area contributed by atoms with Crippen LogP contribution in [0.2, 0.25) is 0 Å². The van der Waals surface area contributed by atoms with Crippen molar-refractivity contribution in [2.45, 2.75) is 56.0 Å². The van der Waals surface area contributed by atoms with Crippen LogP contribution in [0.3, 0.4) is 0 Å². The van der Waals surface area contributed by atoms with Crippen LogP contribution in [0.15, 0.2) is 41.2 Å². The normalized spacial score (nSPS) is 37.4. The van der Waals surface area contributed by atoms with E-state index in [9.17, 15) is 4.79 Å². The molecule has 2 saturated carbocycles. The molecular weight excluding hydrogens is 426 g/mol. The number of ether oxygens (including phenoxy) is 1. The molecule has 0 spiro atoms. The van der Waals surface area contributed by atoms with Crippen LogP contribution in [-0.2, 0) is 11.8 Å². The Labute approximate surface area is 201 Å². The number of furan rings is 1. The molecule has 6 heteroatoms. The van der Waals surface area contributed by atoms with E-state index in [1.54, 1.807) is 19.6 Å². The van der Waals surface area contributed by atoms with Crippen molar-refractivity contribution in [3.05, 3.63) is 53.5 Å². The van der Waals surface area contributed by atoms with Crippen LogP contribution < -0.4 is 10.5 Å². The topological polar surface area (TPSA) is 71.9 Å². The van der Waals surface area contributed by atoms with Gasteiger partial charge in [-0.3, -0.25) is 9.69 Å². The number of nitrogens with two attached hydrogens (primary N) is 1. The van der Waals surface area contributed by atoms with E-state index in [0.29, 0.717) is 34.9 Å². The van der Waals surface area contributed by atoms with Gasteiger partial charge in [0.25, 0.3) is 5.91 Å². The summed E-state index contributed by atoms with van der Waals surface area (Å²) in [6.45, 7) is 3.88. The Kier molecular flexibility index (Phi) is 4.54. The lowest BCUT2D eigenvalue weighted by molar-refractivity contribution is -0.101. The SMILES string of the molecule is COc1ccc2c(c1)C13CCN(CCCN)C(C2)C12CCC1C3[C@@H](CN1C(=O)c1ccoc1)C2. The molecule has 2 aromatic rings. The lowest BCUT2D eigenvalue weighted by atomic mass is 9.43. The second-order valence-corrected chi connectivity index (χ2v) is 11.4. The molecular formula is C28H35N3O3. The van der Waals surface area contributed by atoms with E-state index in [-0.39, 0.29) is 11.3 Å². The van der Waals surface area contributed by atoms with Crippen molar-refractivity contribution >= 4 is 5.91 Å². The molecule has 180 valence electrons. The molecule has 1 aromatic heterocycles. The molecule has 3 heterocycles. The van der Waals surface area contributed by atoms with Gasteiger partial charge in [0.1, 0.15) is 12.0 Å². The molecule has 1 amide bonds. The number of fused-ring (bicyclic) bond motifs is 1. The number of nitrogens with zero attached hydrogens (tertiary/aromatic N) is 2. The highest BCUT2D eigenvalue weighted by Crippen LogP contribution is 2.75. The summed E-state index contributed by atoms with van der Waals surface area (Å²) >= 11 is 0. The monoisotopic (exact) mass is 461 g/mol. The highest BCUT2D eigenvalue weighted by Gasteiger charge is 2.76. The van der Waals surface area contributed by atoms with E-state index in [1.807, 2.05) is 6.07 Å². The van der Waals surface area contributed by atoms with E-state index in [1.165, 1.54) is 30.4 Å². The van der Waals surface area contributed by atoms with Crippen molar-refractivity contribution in [1.29, 1.82) is 0 Å². The maximum Gasteiger partial charge on any atom is 0.257 e. The zero-order valence-corrected chi connectivity index (χ0v) is 20.0. The Balaban J connectivity index is 1.36. The van der Waals surface area contributed by atoms with Crippen molar-refractivity contribution in [1.82, 2.24) is 9.80 Å². The number of methoxy groups -OCH3 is 1. The minimum atomic E-state index is 0.137. The summed E-state index contributed by atoms with van der Waals surface area (Å²) in [7, 11) is 1.78. The van der Waals surface area contributed by atoms with Crippen LogP contribution in [0.4, 0.5) is 0 Å². The summed E-state index contributed by atoms with van der Waals surface area (Å²) in [5, 5.41) is 0. The Morgan fingerprint density at radius 3 is 3.00 bits per heavy atom. The third-order valence-electron chi connectivity index (χ3n) is 10.5. The number of carbonyl (C=O) groups is 1. The Morgan fingerprint density at radius 1 is 1.29 bits per heavy atom. The maximum absolute atomic E-state index is 13.5. The van der Waals surface area contributed by atoms with Crippen LogP contribution in [0.1, 0.15) is 53.6 Å². The van der Waals surface area contributed by atoms with E-state index in [2.05, 4.69) is 28.0 Å². The van der Waals surface area contributed by atoms with Gasteiger partial charge >= 0.3 is 0 Å². The number of piperidine rings is 1. The van der Waals surface area contributed by atoms with Gasteiger partial charge in [-0.2, -0.15) is 0 Å². The highest BCUT2D eigenvalue weighted by molar-refractivity contribution is 5.94. The smallest absolute Gasteiger partial charge is 0.257 e. The molecule has 4 fully saturated rings. The zero-order chi connectivity index (χ0) is 23.1. The summed E-state index contributed by atoms with van der Waals surface area (Å²) in [5.41, 5.74) is 10.1. The summed E-state index contributed by atoms with van der Waals surface area (Å²) in [4.78, 5) is 18.5. The van der Waals surface area contributed by atoms with Gasteiger partial charge in [-0.1, -0.05) is 6.07 Å². The van der Waals surface area contributed by atoms with Crippen LogP contribution in [0.25, 0.3) is 0 Å². The number of likely N-dealkylation sites (tertiary alicyclic amines) is 2. The zero-order valence-electron chi connectivity index (χ0n) is 20.0. The first kappa shape index (κ1) is 21.0. The number of carbonyl (C=O) groups excluding carboxylic acids is 1. The summed E-state index contributed by atoms with van der Waals surface area (Å²) in [6, 6.07) is 9.54. The molecule has 34 heavy (non-hydrogen) atoms. The Hall–Kier alpha value is -2.31. The quantitative estimate of drug-likeness (QED) is 0.739. The minimum absolute atomic E-state index is 0.137. The third kappa shape index (κ3) is 2.46. The average Bonchev–Trinajstić information content (AvgIpc) is 3.54. The summed E-state index contributed by atoms with van der Waals surface area (Å²) < 4.78 is 11.0. The number of rotatable bonds is 5. The van der Waals surface area contributed by atoms with Crippen molar-refractivity contribution in [3.63, 3.8) is 0 Å². The molecule has 2 saturated heterocycles. The second kappa shape index (κ2) is 7.34. The van der Waals surface area contributed by atoms with E-state index in [0.717, 1.165) is 51.2 Å². The fourth-order valence-electron chi connectivity index (χ4n) is 9.56. The van der Waals surface area contributed by atoms with Crippen molar-refractivity contribution in [2.75, 3.05) is 33.3 Å². The van der Waals surface area contributed by atoms with Gasteiger partial charge in [-0.25, -0.2) is 0 Å². The van der Waals surface area contributed by atoms with E-state index >= 15 is 0 Å². The molecule has 2 N–H and O–H groups in total. The Morgan fingerprint density at radius 2 is 2.21 bits per heavy atom. The van der Waals surface area contributed by atoms with Gasteiger partial charge in [0, 0.05) is 24.0 Å². The predicted octanol–water partition coefficient (Wildman–Crippen LogP) is 3.45. The van der Waals surface area contributed by atoms with Crippen LogP contribution in [0.5, 0.6) is 5.75 Å². The third-order valence-corrected chi connectivity index (χ3v) is 10.5. The molecule has 5 unspecified atom stereocenters. The molecule has 6 atom stereocenters. The van der Waals surface area contributed by atoms with Gasteiger partial charge < -0.3 is 19.8 Å². The molecule has 4 bridgehead atoms. The highest BCUT2D eigenvalue weighted by atomic mass is 16.5. The molecule has 7 rings (SSSR count). The van der Waals surface area contributed by atoms with Gasteiger partial charge in [-0.15, -0.1) is 0 Å². The second-order valence-electron chi connectivity index (χ2n) is 11.4. The van der Waals surface area contributed by atoms with Crippen molar-refractivity contribution in [2.24, 2.45) is 23.0 Å². The fraction of sp³-hybridized carbons (Fsp3) is 0.607. The number of hydrogen-bond donors (Lipinski definition) is 1. The molecule has 1 aromatic carbocycles. The van der Waals surface area contributed by atoms with Crippen LogP contribution >= 0.6 is 0 Å². The molecule has 3 aliphatic carbocycles. The van der Waals surface area contributed by atoms with Crippen molar-refractivity contribution in [3.8, 4) is 5.75 Å². The first-order valence-electron chi connectivity index (χ1n) is 13.1. The summed E-state index contributed by atoms with van der Waals surface area (Å²) in [5.74, 6) is 2.21. The average molecular weight is 462 g/mol.